The van der Waals surface area contributed by atoms with Crippen LogP contribution in [0.15, 0.2) is 24.3 Å². The van der Waals surface area contributed by atoms with Crippen molar-refractivity contribution in [3.8, 4) is 5.75 Å². The molecule has 2 amide bonds. The number of benzene rings is 1. The zero-order valence-corrected chi connectivity index (χ0v) is 15.4. The molecule has 0 spiro atoms. The van der Waals surface area contributed by atoms with Crippen LogP contribution >= 0.6 is 0 Å². The summed E-state index contributed by atoms with van der Waals surface area (Å²) < 4.78 is 5.14. The second-order valence-electron chi connectivity index (χ2n) is 7.16. The molecule has 0 unspecified atom stereocenters. The first-order valence-corrected chi connectivity index (χ1v) is 9.57. The van der Waals surface area contributed by atoms with Crippen LogP contribution in [-0.4, -0.2) is 65.5 Å². The highest BCUT2D eigenvalue weighted by atomic mass is 16.5. The molecular formula is C20H26N2O5. The van der Waals surface area contributed by atoms with Crippen molar-refractivity contribution in [3.63, 3.8) is 0 Å². The van der Waals surface area contributed by atoms with Gasteiger partial charge in [0, 0.05) is 37.7 Å². The first-order chi connectivity index (χ1) is 13.0. The van der Waals surface area contributed by atoms with Gasteiger partial charge in [-0.25, -0.2) is 4.79 Å². The molecule has 1 aromatic rings. The van der Waals surface area contributed by atoms with Crippen LogP contribution in [-0.2, 0) is 9.59 Å². The predicted octanol–water partition coefficient (Wildman–Crippen LogP) is 2.01. The summed E-state index contributed by atoms with van der Waals surface area (Å²) in [5.74, 6) is -0.435. The van der Waals surface area contributed by atoms with Gasteiger partial charge in [0.05, 0.1) is 0 Å². The number of hydrogen-bond donors (Lipinski definition) is 1. The molecule has 27 heavy (non-hydrogen) atoms. The van der Waals surface area contributed by atoms with Crippen LogP contribution in [0.3, 0.4) is 0 Å². The van der Waals surface area contributed by atoms with Crippen LogP contribution < -0.4 is 4.74 Å². The van der Waals surface area contributed by atoms with Crippen molar-refractivity contribution in [2.75, 3.05) is 32.8 Å². The highest BCUT2D eigenvalue weighted by Crippen LogP contribution is 2.26. The van der Waals surface area contributed by atoms with E-state index in [1.54, 1.807) is 29.2 Å². The third kappa shape index (κ3) is 4.99. The summed E-state index contributed by atoms with van der Waals surface area (Å²) in [6.45, 7) is 1.71. The lowest BCUT2D eigenvalue weighted by Crippen LogP contribution is -2.52. The Kier molecular flexibility index (Phi) is 6.32. The Morgan fingerprint density at radius 1 is 1.00 bits per heavy atom. The number of carbonyl (C=O) groups excluding carboxylic acids is 2. The van der Waals surface area contributed by atoms with Gasteiger partial charge in [-0.1, -0.05) is 25.3 Å². The monoisotopic (exact) mass is 374 g/mol. The van der Waals surface area contributed by atoms with E-state index in [0.717, 1.165) is 25.7 Å². The quantitative estimate of drug-likeness (QED) is 0.852. The van der Waals surface area contributed by atoms with Crippen LogP contribution in [0.1, 0.15) is 42.5 Å². The molecule has 7 nitrogen and oxygen atoms in total. The average molecular weight is 374 g/mol. The van der Waals surface area contributed by atoms with E-state index in [4.69, 9.17) is 9.84 Å². The van der Waals surface area contributed by atoms with Crippen molar-refractivity contribution in [1.29, 1.82) is 0 Å². The lowest BCUT2D eigenvalue weighted by molar-refractivity contribution is -0.139. The maximum Gasteiger partial charge on any atom is 0.341 e. The summed E-state index contributed by atoms with van der Waals surface area (Å²) in [4.78, 5) is 39.6. The molecule has 0 radical (unpaired) electrons. The van der Waals surface area contributed by atoms with Crippen molar-refractivity contribution >= 4 is 17.8 Å². The van der Waals surface area contributed by atoms with E-state index in [1.807, 2.05) is 4.90 Å². The topological polar surface area (TPSA) is 87.2 Å². The Labute approximate surface area is 158 Å². The van der Waals surface area contributed by atoms with E-state index in [9.17, 15) is 14.4 Å². The number of ether oxygens (including phenoxy) is 1. The van der Waals surface area contributed by atoms with Crippen molar-refractivity contribution in [1.82, 2.24) is 9.80 Å². The largest absolute Gasteiger partial charge is 0.482 e. The number of nitrogens with zero attached hydrogens (tertiary/aromatic N) is 2. The number of aliphatic carboxylic acids is 1. The molecule has 3 rings (SSSR count). The fraction of sp³-hybridized carbons (Fsp3) is 0.550. The number of carbonyl (C=O) groups is 3. The Hall–Kier alpha value is -2.57. The Morgan fingerprint density at radius 3 is 2.33 bits per heavy atom. The third-order valence-electron chi connectivity index (χ3n) is 5.28. The summed E-state index contributed by atoms with van der Waals surface area (Å²) in [6, 6.07) is 6.55. The van der Waals surface area contributed by atoms with E-state index in [1.165, 1.54) is 6.42 Å². The summed E-state index contributed by atoms with van der Waals surface area (Å²) in [7, 11) is 0. The average Bonchev–Trinajstić information content (AvgIpc) is 2.72. The number of carboxylic acids is 1. The highest BCUT2D eigenvalue weighted by molar-refractivity contribution is 5.94. The Morgan fingerprint density at radius 2 is 1.67 bits per heavy atom. The van der Waals surface area contributed by atoms with E-state index < -0.39 is 12.6 Å². The zero-order chi connectivity index (χ0) is 19.2. The molecule has 1 heterocycles. The summed E-state index contributed by atoms with van der Waals surface area (Å²) in [6.07, 6.45) is 5.47. The third-order valence-corrected chi connectivity index (χ3v) is 5.28. The van der Waals surface area contributed by atoms with Crippen LogP contribution in [0, 0.1) is 5.92 Å². The van der Waals surface area contributed by atoms with Gasteiger partial charge in [0.2, 0.25) is 5.91 Å². The predicted molar refractivity (Wildman–Crippen MR) is 98.6 cm³/mol. The molecule has 1 saturated heterocycles. The Balaban J connectivity index is 1.54. The maximum atomic E-state index is 12.7. The van der Waals surface area contributed by atoms with E-state index in [2.05, 4.69) is 0 Å². The van der Waals surface area contributed by atoms with Gasteiger partial charge in [0.25, 0.3) is 5.91 Å². The van der Waals surface area contributed by atoms with Gasteiger partial charge in [-0.3, -0.25) is 9.59 Å². The minimum atomic E-state index is -1.06. The van der Waals surface area contributed by atoms with E-state index in [-0.39, 0.29) is 17.7 Å². The SMILES string of the molecule is O=C(O)COc1cccc(C(=O)N2CCN(C(=O)C3CCCCC3)CC2)c1. The van der Waals surface area contributed by atoms with Gasteiger partial charge in [-0.05, 0) is 31.0 Å². The van der Waals surface area contributed by atoms with Gasteiger partial charge in [0.15, 0.2) is 6.61 Å². The normalized spacial score (nSPS) is 18.2. The molecule has 0 bridgehead atoms. The second-order valence-corrected chi connectivity index (χ2v) is 7.16. The Bertz CT molecular complexity index is 691. The molecule has 0 atom stereocenters. The van der Waals surface area contributed by atoms with Crippen LogP contribution in [0.2, 0.25) is 0 Å². The minimum Gasteiger partial charge on any atom is -0.482 e. The number of rotatable bonds is 5. The molecule has 2 aliphatic rings. The number of carboxylic acid groups (broad SMARTS) is 1. The fourth-order valence-corrected chi connectivity index (χ4v) is 3.78. The second kappa shape index (κ2) is 8.88. The van der Waals surface area contributed by atoms with Crippen LogP contribution in [0.25, 0.3) is 0 Å². The standard InChI is InChI=1S/C20H26N2O5/c23-18(24)14-27-17-8-4-7-16(13-17)20(26)22-11-9-21(10-12-22)19(25)15-5-2-1-3-6-15/h4,7-8,13,15H,1-3,5-6,9-12,14H2,(H,23,24). The molecule has 1 N–H and O–H groups in total. The molecule has 1 aliphatic carbocycles. The van der Waals surface area contributed by atoms with Crippen molar-refractivity contribution < 1.29 is 24.2 Å². The lowest BCUT2D eigenvalue weighted by Gasteiger charge is -2.37. The molecule has 1 saturated carbocycles. The highest BCUT2D eigenvalue weighted by Gasteiger charge is 2.30. The van der Waals surface area contributed by atoms with Crippen LogP contribution in [0.5, 0.6) is 5.75 Å². The fourth-order valence-electron chi connectivity index (χ4n) is 3.78. The molecule has 1 aromatic carbocycles. The number of hydrogen-bond acceptors (Lipinski definition) is 4. The molecule has 7 heteroatoms. The smallest absolute Gasteiger partial charge is 0.341 e. The first kappa shape index (κ1) is 19.2. The van der Waals surface area contributed by atoms with E-state index in [0.29, 0.717) is 37.5 Å². The zero-order valence-electron chi connectivity index (χ0n) is 15.4. The molecule has 0 aromatic heterocycles. The first-order valence-electron chi connectivity index (χ1n) is 9.57. The molecule has 1 aliphatic heterocycles. The van der Waals surface area contributed by atoms with Crippen molar-refractivity contribution in [2.45, 2.75) is 32.1 Å². The van der Waals surface area contributed by atoms with Crippen molar-refractivity contribution in [3.05, 3.63) is 29.8 Å². The van der Waals surface area contributed by atoms with Gasteiger partial charge in [-0.15, -0.1) is 0 Å². The maximum absolute atomic E-state index is 12.7. The summed E-state index contributed by atoms with van der Waals surface area (Å²) >= 11 is 0. The summed E-state index contributed by atoms with van der Waals surface area (Å²) in [5.41, 5.74) is 0.463. The van der Waals surface area contributed by atoms with Crippen molar-refractivity contribution in [2.24, 2.45) is 5.92 Å². The summed E-state index contributed by atoms with van der Waals surface area (Å²) in [5, 5.41) is 8.69. The van der Waals surface area contributed by atoms with Gasteiger partial charge in [-0.2, -0.15) is 0 Å². The van der Waals surface area contributed by atoms with Gasteiger partial charge in [0.1, 0.15) is 5.75 Å². The number of amides is 2. The van der Waals surface area contributed by atoms with E-state index >= 15 is 0 Å². The van der Waals surface area contributed by atoms with Gasteiger partial charge < -0.3 is 19.6 Å². The minimum absolute atomic E-state index is 0.124. The van der Waals surface area contributed by atoms with Crippen LogP contribution in [0.4, 0.5) is 0 Å². The molecule has 2 fully saturated rings. The van der Waals surface area contributed by atoms with Gasteiger partial charge >= 0.3 is 5.97 Å². The lowest BCUT2D eigenvalue weighted by atomic mass is 9.88. The molecule has 146 valence electrons. The molecular weight excluding hydrogens is 348 g/mol. The number of piperazine rings is 1.